The second-order valence-electron chi connectivity index (χ2n) is 9.13. The highest BCUT2D eigenvalue weighted by atomic mass is 16.5. The average Bonchev–Trinajstić information content (AvgIpc) is 2.87. The second kappa shape index (κ2) is 10.8. The highest BCUT2D eigenvalue weighted by molar-refractivity contribution is 5.95. The van der Waals surface area contributed by atoms with Crippen molar-refractivity contribution < 1.29 is 24.3 Å². The molecule has 0 spiro atoms. The van der Waals surface area contributed by atoms with E-state index in [1.807, 2.05) is 37.3 Å². The number of fused-ring (bicyclic) bond motifs is 1. The molecule has 0 radical (unpaired) electrons. The number of nitrogens with one attached hydrogen (secondary N) is 2. The van der Waals surface area contributed by atoms with Crippen molar-refractivity contribution in [3.05, 3.63) is 71.4 Å². The number of aromatic nitrogens is 1. The van der Waals surface area contributed by atoms with E-state index in [-0.39, 0.29) is 18.4 Å². The third kappa shape index (κ3) is 5.96. The van der Waals surface area contributed by atoms with Gasteiger partial charge in [-0.1, -0.05) is 18.2 Å². The van der Waals surface area contributed by atoms with Crippen molar-refractivity contribution in [2.24, 2.45) is 0 Å². The van der Waals surface area contributed by atoms with Crippen LogP contribution in [0.25, 0.3) is 10.9 Å². The third-order valence-electron chi connectivity index (χ3n) is 6.67. The second-order valence-corrected chi connectivity index (χ2v) is 9.13. The number of carbonyl (C=O) groups excluding carboxylic acids is 2. The molecule has 1 fully saturated rings. The van der Waals surface area contributed by atoms with E-state index in [0.29, 0.717) is 30.8 Å². The van der Waals surface area contributed by atoms with Crippen molar-refractivity contribution in [3.8, 4) is 5.75 Å². The van der Waals surface area contributed by atoms with Gasteiger partial charge in [-0.15, -0.1) is 0 Å². The summed E-state index contributed by atoms with van der Waals surface area (Å²) in [6.45, 7) is 2.34. The first-order valence-corrected chi connectivity index (χ1v) is 11.8. The molecule has 8 heteroatoms. The molecule has 0 bridgehead atoms. The van der Waals surface area contributed by atoms with Crippen LogP contribution < -0.4 is 15.5 Å². The maximum atomic E-state index is 13.0. The Hall–Kier alpha value is -3.49. The van der Waals surface area contributed by atoms with E-state index in [9.17, 15) is 9.59 Å². The Balaban J connectivity index is 1.42. The molecule has 184 valence electrons. The van der Waals surface area contributed by atoms with Crippen LogP contribution in [0.1, 0.15) is 53.7 Å². The fourth-order valence-electron chi connectivity index (χ4n) is 4.76. The minimum absolute atomic E-state index is 0.00613. The number of hydroxylamine groups is 1. The van der Waals surface area contributed by atoms with Gasteiger partial charge in [0, 0.05) is 34.9 Å². The van der Waals surface area contributed by atoms with Crippen LogP contribution in [-0.4, -0.2) is 40.8 Å². The minimum Gasteiger partial charge on any atom is -0.489 e. The molecule has 3 aromatic rings. The summed E-state index contributed by atoms with van der Waals surface area (Å²) in [6, 6.07) is 16.9. The zero-order valence-electron chi connectivity index (χ0n) is 20.0. The monoisotopic (exact) mass is 477 g/mol. The first-order chi connectivity index (χ1) is 16.9. The summed E-state index contributed by atoms with van der Waals surface area (Å²) in [7, 11) is 1.67. The van der Waals surface area contributed by atoms with Crippen LogP contribution in [0.3, 0.4) is 0 Å². The number of methoxy groups -OCH3 is 1. The molecule has 2 amide bonds. The predicted molar refractivity (Wildman–Crippen MR) is 131 cm³/mol. The first-order valence-electron chi connectivity index (χ1n) is 11.8. The number of amides is 2. The van der Waals surface area contributed by atoms with Gasteiger partial charge in [-0.05, 0) is 69.0 Å². The van der Waals surface area contributed by atoms with Crippen LogP contribution in [-0.2, 0) is 16.1 Å². The standard InChI is InChI=1S/C27H31N3O5/c1-18-15-20(23-5-3-4-6-24(23)28-18)17-35-22-9-7-19(8-10-22)26(32)29-27(16-25(31)30-33)13-11-21(34-2)12-14-27/h3-10,15,21,33H,11-14,16-17H2,1-2H3,(H,29,32)(H,30,31). The Morgan fingerprint density at radius 2 is 1.83 bits per heavy atom. The van der Waals surface area contributed by atoms with Crippen LogP contribution in [0, 0.1) is 6.92 Å². The third-order valence-corrected chi connectivity index (χ3v) is 6.67. The van der Waals surface area contributed by atoms with E-state index in [1.54, 1.807) is 36.9 Å². The van der Waals surface area contributed by atoms with Crippen molar-refractivity contribution in [1.29, 1.82) is 0 Å². The number of ether oxygens (including phenoxy) is 2. The normalized spacial score (nSPS) is 19.8. The molecule has 0 saturated heterocycles. The Morgan fingerprint density at radius 3 is 2.51 bits per heavy atom. The lowest BCUT2D eigenvalue weighted by atomic mass is 9.77. The molecule has 1 aliphatic rings. The Kier molecular flexibility index (Phi) is 7.63. The lowest BCUT2D eigenvalue weighted by Gasteiger charge is -2.40. The van der Waals surface area contributed by atoms with Gasteiger partial charge in [-0.25, -0.2) is 5.48 Å². The maximum absolute atomic E-state index is 13.0. The molecular formula is C27H31N3O5. The van der Waals surface area contributed by atoms with Crippen LogP contribution in [0.15, 0.2) is 54.6 Å². The van der Waals surface area contributed by atoms with Crippen molar-refractivity contribution >= 4 is 22.7 Å². The van der Waals surface area contributed by atoms with Crippen LogP contribution in [0.2, 0.25) is 0 Å². The smallest absolute Gasteiger partial charge is 0.251 e. The summed E-state index contributed by atoms with van der Waals surface area (Å²) in [4.78, 5) is 29.5. The summed E-state index contributed by atoms with van der Waals surface area (Å²) in [6.07, 6.45) is 2.74. The average molecular weight is 478 g/mol. The first kappa shape index (κ1) is 24.6. The summed E-state index contributed by atoms with van der Waals surface area (Å²) in [5.41, 5.74) is 4.33. The highest BCUT2D eigenvalue weighted by Gasteiger charge is 2.38. The van der Waals surface area contributed by atoms with Crippen molar-refractivity contribution in [1.82, 2.24) is 15.8 Å². The molecule has 1 heterocycles. The van der Waals surface area contributed by atoms with E-state index in [4.69, 9.17) is 14.7 Å². The largest absolute Gasteiger partial charge is 0.489 e. The molecule has 1 aromatic heterocycles. The number of hydrogen-bond acceptors (Lipinski definition) is 6. The van der Waals surface area contributed by atoms with Crippen LogP contribution >= 0.6 is 0 Å². The number of rotatable bonds is 8. The fraction of sp³-hybridized carbons (Fsp3) is 0.370. The van der Waals surface area contributed by atoms with Gasteiger partial charge in [-0.2, -0.15) is 0 Å². The number of hydrogen-bond donors (Lipinski definition) is 3. The number of carbonyl (C=O) groups is 2. The Bertz CT molecular complexity index is 1190. The van der Waals surface area contributed by atoms with Crippen molar-refractivity contribution in [2.45, 2.75) is 57.3 Å². The van der Waals surface area contributed by atoms with Gasteiger partial charge < -0.3 is 14.8 Å². The molecule has 0 aliphatic heterocycles. The van der Waals surface area contributed by atoms with E-state index < -0.39 is 11.4 Å². The van der Waals surface area contributed by atoms with Crippen LogP contribution in [0.5, 0.6) is 5.75 Å². The minimum atomic E-state index is -0.728. The van der Waals surface area contributed by atoms with Gasteiger partial charge in [-0.3, -0.25) is 19.8 Å². The summed E-state index contributed by atoms with van der Waals surface area (Å²) < 4.78 is 11.4. The molecule has 1 aliphatic carbocycles. The van der Waals surface area contributed by atoms with Crippen molar-refractivity contribution in [3.63, 3.8) is 0 Å². The number of aryl methyl sites for hydroxylation is 1. The van der Waals surface area contributed by atoms with E-state index in [0.717, 1.165) is 35.0 Å². The molecule has 3 N–H and O–H groups in total. The molecular weight excluding hydrogens is 446 g/mol. The SMILES string of the molecule is COC1CCC(CC(=O)NO)(NC(=O)c2ccc(OCc3cc(C)nc4ccccc34)cc2)CC1. The van der Waals surface area contributed by atoms with E-state index in [1.165, 1.54) is 0 Å². The Morgan fingerprint density at radius 1 is 1.11 bits per heavy atom. The van der Waals surface area contributed by atoms with Gasteiger partial charge >= 0.3 is 0 Å². The molecule has 2 aromatic carbocycles. The zero-order chi connectivity index (χ0) is 24.8. The van der Waals surface area contributed by atoms with Gasteiger partial charge in [0.2, 0.25) is 5.91 Å². The fourth-order valence-corrected chi connectivity index (χ4v) is 4.76. The molecule has 35 heavy (non-hydrogen) atoms. The number of para-hydroxylation sites is 1. The van der Waals surface area contributed by atoms with Gasteiger partial charge in [0.25, 0.3) is 5.91 Å². The lowest BCUT2D eigenvalue weighted by Crippen LogP contribution is -2.53. The quantitative estimate of drug-likeness (QED) is 0.333. The number of pyridine rings is 1. The highest BCUT2D eigenvalue weighted by Crippen LogP contribution is 2.33. The lowest BCUT2D eigenvalue weighted by molar-refractivity contribution is -0.131. The molecule has 0 unspecified atom stereocenters. The van der Waals surface area contributed by atoms with Gasteiger partial charge in [0.1, 0.15) is 12.4 Å². The van der Waals surface area contributed by atoms with Gasteiger partial charge in [0.15, 0.2) is 0 Å². The number of nitrogens with zero attached hydrogens (tertiary/aromatic N) is 1. The topological polar surface area (TPSA) is 110 Å². The van der Waals surface area contributed by atoms with Crippen LogP contribution in [0.4, 0.5) is 0 Å². The molecule has 4 rings (SSSR count). The van der Waals surface area contributed by atoms with E-state index in [2.05, 4.69) is 10.3 Å². The Labute approximate surface area is 204 Å². The predicted octanol–water partition coefficient (Wildman–Crippen LogP) is 4.08. The zero-order valence-corrected chi connectivity index (χ0v) is 20.0. The van der Waals surface area contributed by atoms with Crippen molar-refractivity contribution in [2.75, 3.05) is 7.11 Å². The maximum Gasteiger partial charge on any atom is 0.251 e. The summed E-state index contributed by atoms with van der Waals surface area (Å²) in [5.74, 6) is -0.146. The summed E-state index contributed by atoms with van der Waals surface area (Å²) in [5, 5.41) is 13.1. The summed E-state index contributed by atoms with van der Waals surface area (Å²) >= 11 is 0. The van der Waals surface area contributed by atoms with E-state index >= 15 is 0 Å². The number of benzene rings is 2. The molecule has 0 atom stereocenters. The van der Waals surface area contributed by atoms with Gasteiger partial charge in [0.05, 0.1) is 18.0 Å². The molecule has 8 nitrogen and oxygen atoms in total. The molecule has 1 saturated carbocycles.